The number of aromatic nitrogens is 2. The largest absolute Gasteiger partial charge is 0.339 e. The molecule has 1 aliphatic rings. The number of thioether (sulfide) groups is 1. The Hall–Kier alpha value is -1.14. The molecule has 0 saturated carbocycles. The van der Waals surface area contributed by atoms with Gasteiger partial charge in [-0.05, 0) is 37.6 Å². The summed E-state index contributed by atoms with van der Waals surface area (Å²) in [5, 5.41) is 3.98. The van der Waals surface area contributed by atoms with Gasteiger partial charge in [0.05, 0.1) is 5.75 Å². The number of hydrogen-bond donors (Lipinski definition) is 0. The van der Waals surface area contributed by atoms with Crippen molar-refractivity contribution < 1.29 is 4.79 Å². The predicted molar refractivity (Wildman–Crippen MR) is 83.2 cm³/mol. The summed E-state index contributed by atoms with van der Waals surface area (Å²) in [6.45, 7) is 3.04. The second-order valence-corrected chi connectivity index (χ2v) is 6.90. The third kappa shape index (κ3) is 2.81. The maximum atomic E-state index is 12.3. The van der Waals surface area contributed by atoms with Crippen LogP contribution in [0.4, 0.5) is 0 Å². The van der Waals surface area contributed by atoms with Crippen LogP contribution in [0.5, 0.6) is 0 Å². The van der Waals surface area contributed by atoms with E-state index in [9.17, 15) is 4.79 Å². The topological polar surface area (TPSA) is 46.1 Å². The lowest BCUT2D eigenvalue weighted by Crippen LogP contribution is -2.42. The third-order valence-electron chi connectivity index (χ3n) is 3.68. The van der Waals surface area contributed by atoms with Gasteiger partial charge in [0.2, 0.25) is 5.91 Å². The molecule has 1 fully saturated rings. The molecule has 2 aromatic rings. The standard InChI is InChI=1S/C14H17N3OS2/c1-10-4-2-3-6-17(10)12(18)8-20-14-11-5-7-19-13(11)15-9-16-14/h5,7,9-10H,2-4,6,8H2,1H3/t10-/m1/s1. The fourth-order valence-electron chi connectivity index (χ4n) is 2.56. The second kappa shape index (κ2) is 6.10. The number of amides is 1. The molecular formula is C14H17N3OS2. The molecule has 20 heavy (non-hydrogen) atoms. The zero-order valence-corrected chi connectivity index (χ0v) is 13.0. The summed E-state index contributed by atoms with van der Waals surface area (Å²) in [6, 6.07) is 2.40. The van der Waals surface area contributed by atoms with E-state index < -0.39 is 0 Å². The Morgan fingerprint density at radius 2 is 2.40 bits per heavy atom. The number of carbonyl (C=O) groups excluding carboxylic acids is 1. The van der Waals surface area contributed by atoms with E-state index in [2.05, 4.69) is 16.9 Å². The summed E-state index contributed by atoms with van der Waals surface area (Å²) in [7, 11) is 0. The zero-order chi connectivity index (χ0) is 13.9. The van der Waals surface area contributed by atoms with E-state index >= 15 is 0 Å². The smallest absolute Gasteiger partial charge is 0.233 e. The van der Waals surface area contributed by atoms with Gasteiger partial charge in [0.1, 0.15) is 16.2 Å². The van der Waals surface area contributed by atoms with E-state index in [1.54, 1.807) is 17.7 Å². The molecule has 0 N–H and O–H groups in total. The van der Waals surface area contributed by atoms with Gasteiger partial charge >= 0.3 is 0 Å². The maximum absolute atomic E-state index is 12.3. The summed E-state index contributed by atoms with van der Waals surface area (Å²) < 4.78 is 0. The molecule has 6 heteroatoms. The van der Waals surface area contributed by atoms with Crippen LogP contribution in [0.3, 0.4) is 0 Å². The molecule has 1 amide bonds. The first kappa shape index (κ1) is 13.8. The van der Waals surface area contributed by atoms with E-state index in [0.29, 0.717) is 11.8 Å². The summed E-state index contributed by atoms with van der Waals surface area (Å²) >= 11 is 3.13. The van der Waals surface area contributed by atoms with Crippen LogP contribution in [0, 0.1) is 0 Å². The first-order chi connectivity index (χ1) is 9.75. The molecule has 2 aromatic heterocycles. The predicted octanol–water partition coefficient (Wildman–Crippen LogP) is 3.18. The highest BCUT2D eigenvalue weighted by Crippen LogP contribution is 2.28. The van der Waals surface area contributed by atoms with Crippen LogP contribution < -0.4 is 0 Å². The average Bonchev–Trinajstić information content (AvgIpc) is 2.94. The molecule has 0 aliphatic carbocycles. The molecule has 0 radical (unpaired) electrons. The van der Waals surface area contributed by atoms with Crippen molar-refractivity contribution in [2.45, 2.75) is 37.3 Å². The SMILES string of the molecule is C[C@@H]1CCCCN1C(=O)CSc1ncnc2sccc12. The maximum Gasteiger partial charge on any atom is 0.233 e. The number of thiophene rings is 1. The number of fused-ring (bicyclic) bond motifs is 1. The van der Waals surface area contributed by atoms with E-state index in [1.807, 2.05) is 16.3 Å². The minimum absolute atomic E-state index is 0.226. The molecule has 0 aromatic carbocycles. The summed E-state index contributed by atoms with van der Waals surface area (Å²) in [5.41, 5.74) is 0. The number of piperidine rings is 1. The Morgan fingerprint density at radius 1 is 1.50 bits per heavy atom. The fraction of sp³-hybridized carbons (Fsp3) is 0.500. The first-order valence-electron chi connectivity index (χ1n) is 6.86. The molecule has 4 nitrogen and oxygen atoms in total. The van der Waals surface area contributed by atoms with Gasteiger partial charge in [0, 0.05) is 18.0 Å². The highest BCUT2D eigenvalue weighted by molar-refractivity contribution is 8.00. The van der Waals surface area contributed by atoms with E-state index in [0.717, 1.165) is 34.6 Å². The molecule has 1 saturated heterocycles. The summed E-state index contributed by atoms with van der Waals surface area (Å²) in [4.78, 5) is 23.9. The molecule has 0 spiro atoms. The molecule has 0 unspecified atom stereocenters. The summed E-state index contributed by atoms with van der Waals surface area (Å²) in [5.74, 6) is 0.691. The zero-order valence-electron chi connectivity index (χ0n) is 11.4. The minimum atomic E-state index is 0.226. The summed E-state index contributed by atoms with van der Waals surface area (Å²) in [6.07, 6.45) is 5.07. The van der Waals surface area contributed by atoms with Gasteiger partial charge in [-0.15, -0.1) is 11.3 Å². The van der Waals surface area contributed by atoms with Crippen LogP contribution in [-0.2, 0) is 4.79 Å². The Morgan fingerprint density at radius 3 is 3.25 bits per heavy atom. The van der Waals surface area contributed by atoms with Gasteiger partial charge in [-0.2, -0.15) is 0 Å². The number of rotatable bonds is 3. The van der Waals surface area contributed by atoms with Crippen molar-refractivity contribution in [1.82, 2.24) is 14.9 Å². The quantitative estimate of drug-likeness (QED) is 0.645. The first-order valence-corrected chi connectivity index (χ1v) is 8.72. The van der Waals surface area contributed by atoms with Crippen molar-refractivity contribution >= 4 is 39.2 Å². The lowest BCUT2D eigenvalue weighted by Gasteiger charge is -2.33. The van der Waals surface area contributed by atoms with Crippen molar-refractivity contribution in [2.75, 3.05) is 12.3 Å². The van der Waals surface area contributed by atoms with Crippen molar-refractivity contribution in [3.05, 3.63) is 17.8 Å². The van der Waals surface area contributed by atoms with E-state index in [1.165, 1.54) is 18.2 Å². The monoisotopic (exact) mass is 307 g/mol. The Balaban J connectivity index is 1.67. The van der Waals surface area contributed by atoms with Crippen LogP contribution >= 0.6 is 23.1 Å². The normalized spacial score (nSPS) is 19.4. The lowest BCUT2D eigenvalue weighted by atomic mass is 10.0. The number of nitrogens with zero attached hydrogens (tertiary/aromatic N) is 3. The molecule has 1 atom stereocenters. The molecular weight excluding hydrogens is 290 g/mol. The van der Waals surface area contributed by atoms with Crippen LogP contribution in [0.1, 0.15) is 26.2 Å². The molecule has 106 valence electrons. The number of carbonyl (C=O) groups is 1. The lowest BCUT2D eigenvalue weighted by molar-refractivity contribution is -0.131. The van der Waals surface area contributed by atoms with Gasteiger partial charge in [-0.3, -0.25) is 4.79 Å². The van der Waals surface area contributed by atoms with Gasteiger partial charge in [0.25, 0.3) is 0 Å². The Labute approximate surface area is 126 Å². The average molecular weight is 307 g/mol. The number of likely N-dealkylation sites (tertiary alicyclic amines) is 1. The highest BCUT2D eigenvalue weighted by atomic mass is 32.2. The third-order valence-corrected chi connectivity index (χ3v) is 5.49. The van der Waals surface area contributed by atoms with Gasteiger partial charge in [-0.1, -0.05) is 11.8 Å². The van der Waals surface area contributed by atoms with Crippen LogP contribution in [0.25, 0.3) is 10.2 Å². The van der Waals surface area contributed by atoms with Gasteiger partial charge in [-0.25, -0.2) is 9.97 Å². The fourth-order valence-corrected chi connectivity index (χ4v) is 4.23. The molecule has 3 heterocycles. The van der Waals surface area contributed by atoms with Crippen LogP contribution in [0.15, 0.2) is 22.8 Å². The molecule has 0 bridgehead atoms. The molecule has 3 rings (SSSR count). The van der Waals surface area contributed by atoms with Crippen molar-refractivity contribution in [2.24, 2.45) is 0 Å². The molecule has 1 aliphatic heterocycles. The van der Waals surface area contributed by atoms with Gasteiger partial charge < -0.3 is 4.90 Å². The number of hydrogen-bond acceptors (Lipinski definition) is 5. The van der Waals surface area contributed by atoms with Crippen molar-refractivity contribution in [3.63, 3.8) is 0 Å². The van der Waals surface area contributed by atoms with Crippen molar-refractivity contribution in [1.29, 1.82) is 0 Å². The Kier molecular flexibility index (Phi) is 4.21. The minimum Gasteiger partial charge on any atom is -0.339 e. The second-order valence-electron chi connectivity index (χ2n) is 5.04. The van der Waals surface area contributed by atoms with Crippen molar-refractivity contribution in [3.8, 4) is 0 Å². The van der Waals surface area contributed by atoms with Crippen LogP contribution in [0.2, 0.25) is 0 Å². The van der Waals surface area contributed by atoms with Gasteiger partial charge in [0.15, 0.2) is 0 Å². The van der Waals surface area contributed by atoms with Crippen LogP contribution in [-0.4, -0.2) is 39.1 Å². The highest BCUT2D eigenvalue weighted by Gasteiger charge is 2.23. The van der Waals surface area contributed by atoms with E-state index in [-0.39, 0.29) is 5.91 Å². The Bertz CT molecular complexity index is 613. The van der Waals surface area contributed by atoms with E-state index in [4.69, 9.17) is 0 Å².